The lowest BCUT2D eigenvalue weighted by Crippen LogP contribution is -2.53. The number of quaternary nitrogens is 1. The van der Waals surface area contributed by atoms with Gasteiger partial charge in [0.15, 0.2) is 0 Å². The molecule has 1 amide bonds. The summed E-state index contributed by atoms with van der Waals surface area (Å²) in [6, 6.07) is 10.9. The van der Waals surface area contributed by atoms with Crippen LogP contribution in [0.4, 0.5) is 8.78 Å². The molecule has 0 spiro atoms. The molecule has 0 bridgehead atoms. The smallest absolute Gasteiger partial charge is 0.265 e. The van der Waals surface area contributed by atoms with E-state index in [0.29, 0.717) is 11.6 Å². The Morgan fingerprint density at radius 2 is 1.86 bits per heavy atom. The summed E-state index contributed by atoms with van der Waals surface area (Å²) in [5.74, 6) is 6.88. The number of amidine groups is 1. The summed E-state index contributed by atoms with van der Waals surface area (Å²) in [4.78, 5) is 21.4. The summed E-state index contributed by atoms with van der Waals surface area (Å²) in [5, 5.41) is 2.75. The third-order valence-electron chi connectivity index (χ3n) is 7.09. The molecule has 1 saturated carbocycles. The fraction of sp³-hybridized carbons (Fsp3) is 0.296. The Labute approximate surface area is 208 Å². The van der Waals surface area contributed by atoms with Crippen molar-refractivity contribution in [3.05, 3.63) is 89.0 Å². The Bertz CT molecular complexity index is 1290. The normalized spacial score (nSPS) is 24.9. The highest BCUT2D eigenvalue weighted by Crippen LogP contribution is 2.41. The van der Waals surface area contributed by atoms with Gasteiger partial charge in [-0.2, -0.15) is 10.8 Å². The molecule has 36 heavy (non-hydrogen) atoms. The number of nitrogens with two attached hydrogens (primary N) is 1. The van der Waals surface area contributed by atoms with Crippen molar-refractivity contribution in [1.82, 2.24) is 5.32 Å². The van der Waals surface area contributed by atoms with E-state index in [1.807, 2.05) is 6.07 Å². The predicted octanol–water partition coefficient (Wildman–Crippen LogP) is 4.31. The van der Waals surface area contributed by atoms with Crippen molar-refractivity contribution in [2.24, 2.45) is 27.7 Å². The highest BCUT2D eigenvalue weighted by atomic mass is 19.1. The molecule has 3 aliphatic rings. The van der Waals surface area contributed by atoms with E-state index in [9.17, 15) is 13.6 Å². The molecule has 0 saturated heterocycles. The lowest BCUT2D eigenvalue weighted by molar-refractivity contribution is -0.750. The molecule has 1 unspecified atom stereocenters. The average Bonchev–Trinajstić information content (AvgIpc) is 3.21. The molecule has 3 N–H and O–H groups in total. The van der Waals surface area contributed by atoms with Crippen LogP contribution in [0.1, 0.15) is 36.8 Å². The number of benzene rings is 2. The molecule has 0 radical (unpaired) electrons. The number of carbonyl (C=O) groups is 1. The fourth-order valence-electron chi connectivity index (χ4n) is 5.09. The Morgan fingerprint density at radius 3 is 2.58 bits per heavy atom. The second kappa shape index (κ2) is 9.75. The molecule has 1 fully saturated rings. The highest BCUT2D eigenvalue weighted by Gasteiger charge is 2.46. The van der Waals surface area contributed by atoms with Crippen LogP contribution in [0.25, 0.3) is 0 Å². The summed E-state index contributed by atoms with van der Waals surface area (Å²) in [6.45, 7) is -0.243. The molecule has 2 aromatic carbocycles. The number of hydrogen-bond donors (Lipinski definition) is 2. The van der Waals surface area contributed by atoms with E-state index in [1.165, 1.54) is 18.2 Å². The molecule has 5 rings (SSSR count). The standard InChI is InChI=1S/C27H27F2N5O2/c1-31-27(35)18-10-8-17(9-11-18)25-24-15-32-12-13-34(24,30)26(33-25)19-4-2-5-20(14-19)36-16-21-22(28)6-3-7-23(21)29/h2-7,12-15,17-18H,8-11,16,30H2,1H3/p+1. The second-order valence-corrected chi connectivity index (χ2v) is 9.24. The van der Waals surface area contributed by atoms with Gasteiger partial charge >= 0.3 is 0 Å². The summed E-state index contributed by atoms with van der Waals surface area (Å²) >= 11 is 0. The topological polar surface area (TPSA) is 89.1 Å². The number of carbonyl (C=O) groups excluding carboxylic acids is 1. The monoisotopic (exact) mass is 492 g/mol. The minimum absolute atomic E-state index is 0.0202. The Hall–Kier alpha value is -3.69. The van der Waals surface area contributed by atoms with Crippen molar-refractivity contribution in [2.45, 2.75) is 32.3 Å². The van der Waals surface area contributed by atoms with Crippen LogP contribution in [-0.2, 0) is 11.4 Å². The van der Waals surface area contributed by atoms with E-state index in [0.717, 1.165) is 42.6 Å². The van der Waals surface area contributed by atoms with Crippen LogP contribution in [0.2, 0.25) is 0 Å². The molecule has 2 heterocycles. The largest absolute Gasteiger partial charge is 0.489 e. The number of ether oxygens (including phenoxy) is 1. The van der Waals surface area contributed by atoms with Crippen molar-refractivity contribution >= 4 is 18.0 Å². The minimum Gasteiger partial charge on any atom is -0.489 e. The van der Waals surface area contributed by atoms with Crippen molar-refractivity contribution in [1.29, 1.82) is 0 Å². The zero-order chi connectivity index (χ0) is 25.3. The van der Waals surface area contributed by atoms with Crippen molar-refractivity contribution in [3.63, 3.8) is 0 Å². The SMILES string of the molecule is CNC(=O)C1CCC(C2=C3C=NC=C[N+]3(N)C(c3cccc(OCc4c(F)cccc4F)c3)=N2)CC1. The zero-order valence-electron chi connectivity index (χ0n) is 20.0. The maximum atomic E-state index is 14.0. The maximum absolute atomic E-state index is 14.0. The van der Waals surface area contributed by atoms with Gasteiger partial charge in [0, 0.05) is 18.9 Å². The number of fused-ring (bicyclic) bond motifs is 1. The Kier molecular flexibility index (Phi) is 6.51. The van der Waals surface area contributed by atoms with Gasteiger partial charge in [-0.1, -0.05) is 12.1 Å². The van der Waals surface area contributed by atoms with E-state index >= 15 is 0 Å². The maximum Gasteiger partial charge on any atom is 0.265 e. The first-order valence-corrected chi connectivity index (χ1v) is 12.0. The highest BCUT2D eigenvalue weighted by molar-refractivity contribution is 6.00. The second-order valence-electron chi connectivity index (χ2n) is 9.24. The van der Waals surface area contributed by atoms with Crippen molar-refractivity contribution in [3.8, 4) is 5.75 Å². The van der Waals surface area contributed by atoms with Gasteiger partial charge < -0.3 is 10.1 Å². The van der Waals surface area contributed by atoms with Crippen LogP contribution in [0.5, 0.6) is 5.75 Å². The van der Waals surface area contributed by atoms with E-state index in [4.69, 9.17) is 15.6 Å². The predicted molar refractivity (Wildman–Crippen MR) is 132 cm³/mol. The average molecular weight is 493 g/mol. The molecule has 2 aliphatic heterocycles. The Morgan fingerprint density at radius 1 is 1.14 bits per heavy atom. The fourth-order valence-corrected chi connectivity index (χ4v) is 5.09. The molecule has 1 aliphatic carbocycles. The van der Waals surface area contributed by atoms with Gasteiger partial charge in [0.1, 0.15) is 35.9 Å². The van der Waals surface area contributed by atoms with Gasteiger partial charge in [-0.25, -0.2) is 8.78 Å². The zero-order valence-corrected chi connectivity index (χ0v) is 20.0. The Balaban J connectivity index is 1.40. The first-order valence-electron chi connectivity index (χ1n) is 12.0. The molecular weight excluding hydrogens is 464 g/mol. The van der Waals surface area contributed by atoms with Gasteiger partial charge in [-0.05, 0) is 56.0 Å². The lowest BCUT2D eigenvalue weighted by atomic mass is 9.79. The molecule has 186 valence electrons. The van der Waals surface area contributed by atoms with Crippen LogP contribution < -0.4 is 15.9 Å². The third-order valence-corrected chi connectivity index (χ3v) is 7.09. The van der Waals surface area contributed by atoms with E-state index in [1.54, 1.807) is 43.9 Å². The van der Waals surface area contributed by atoms with E-state index in [-0.39, 0.29) is 34.5 Å². The van der Waals surface area contributed by atoms with Gasteiger partial charge in [-0.15, -0.1) is 4.59 Å². The number of hydrogen-bond acceptors (Lipinski definition) is 5. The molecule has 1 atom stereocenters. The van der Waals surface area contributed by atoms with Crippen LogP contribution >= 0.6 is 0 Å². The van der Waals surface area contributed by atoms with Gasteiger partial charge in [0.05, 0.1) is 23.5 Å². The van der Waals surface area contributed by atoms with Gasteiger partial charge in [0.25, 0.3) is 5.84 Å². The van der Waals surface area contributed by atoms with Crippen molar-refractivity contribution in [2.75, 3.05) is 7.05 Å². The van der Waals surface area contributed by atoms with Crippen LogP contribution in [-0.4, -0.2) is 29.6 Å². The third kappa shape index (κ3) is 4.36. The summed E-state index contributed by atoms with van der Waals surface area (Å²) < 4.78 is 33.6. The number of nitrogens with zero attached hydrogens (tertiary/aromatic N) is 3. The van der Waals surface area contributed by atoms with Crippen LogP contribution in [0.3, 0.4) is 0 Å². The van der Waals surface area contributed by atoms with E-state index in [2.05, 4.69) is 10.3 Å². The molecule has 0 aromatic heterocycles. The molecule has 7 nitrogen and oxygen atoms in total. The first kappa shape index (κ1) is 24.0. The molecule has 9 heteroatoms. The number of allylic oxidation sites excluding steroid dienone is 2. The van der Waals surface area contributed by atoms with Crippen molar-refractivity contribution < 1.29 is 22.9 Å². The summed E-state index contributed by atoms with van der Waals surface area (Å²) in [6.07, 6.45) is 8.42. The van der Waals surface area contributed by atoms with Crippen LogP contribution in [0, 0.1) is 23.5 Å². The number of halogens is 2. The summed E-state index contributed by atoms with van der Waals surface area (Å²) in [5.41, 5.74) is 2.29. The van der Waals surface area contributed by atoms with E-state index < -0.39 is 11.6 Å². The number of rotatable bonds is 6. The lowest BCUT2D eigenvalue weighted by Gasteiger charge is -2.28. The van der Waals surface area contributed by atoms with Gasteiger partial charge in [0.2, 0.25) is 11.6 Å². The quantitative estimate of drug-likeness (QED) is 0.465. The van der Waals surface area contributed by atoms with Crippen LogP contribution in [0.15, 0.2) is 76.2 Å². The number of aliphatic imine (C=N–C) groups is 2. The summed E-state index contributed by atoms with van der Waals surface area (Å²) in [7, 11) is 1.67. The van der Waals surface area contributed by atoms with Gasteiger partial charge in [-0.3, -0.25) is 9.79 Å². The number of nitrogens with one attached hydrogen (secondary N) is 1. The minimum atomic E-state index is -0.653. The number of amides is 1. The molecule has 2 aromatic rings. The molecular formula is C27H28F2N5O2+. The first-order chi connectivity index (χ1) is 17.4.